The highest BCUT2D eigenvalue weighted by Gasteiger charge is 2.02. The maximum absolute atomic E-state index is 12.8. The van der Waals surface area contributed by atoms with Crippen molar-refractivity contribution in [1.82, 2.24) is 5.32 Å². The molecule has 0 aliphatic carbocycles. The van der Waals surface area contributed by atoms with Gasteiger partial charge >= 0.3 is 0 Å². The van der Waals surface area contributed by atoms with Crippen molar-refractivity contribution in [3.05, 3.63) is 59.9 Å². The second-order valence-corrected chi connectivity index (χ2v) is 4.81. The minimum absolute atomic E-state index is 0.0558. The molecule has 0 radical (unpaired) electrons. The number of ether oxygens (including phenoxy) is 1. The molecule has 0 fully saturated rings. The first-order valence-electron chi connectivity index (χ1n) is 7.06. The van der Waals surface area contributed by atoms with Crippen LogP contribution in [0.4, 0.5) is 10.1 Å². The van der Waals surface area contributed by atoms with Crippen LogP contribution in [0.15, 0.2) is 48.5 Å². The van der Waals surface area contributed by atoms with Gasteiger partial charge in [-0.15, -0.1) is 0 Å². The summed E-state index contributed by atoms with van der Waals surface area (Å²) in [5, 5.41) is 5.97. The molecule has 0 heterocycles. The van der Waals surface area contributed by atoms with Gasteiger partial charge in [0, 0.05) is 31.3 Å². The van der Waals surface area contributed by atoms with E-state index in [1.54, 1.807) is 19.2 Å². The lowest BCUT2D eigenvalue weighted by atomic mass is 10.2. The van der Waals surface area contributed by atoms with Crippen molar-refractivity contribution < 1.29 is 13.9 Å². The Bertz CT molecular complexity index is 614. The zero-order valence-electron chi connectivity index (χ0n) is 12.4. The summed E-state index contributed by atoms with van der Waals surface area (Å²) in [5.74, 6) is 0.433. The molecule has 2 N–H and O–H groups in total. The van der Waals surface area contributed by atoms with E-state index in [9.17, 15) is 9.18 Å². The summed E-state index contributed by atoms with van der Waals surface area (Å²) in [6.07, 6.45) is 0.360. The SMILES string of the molecule is COc1cccc(NCCC(=O)NCc2ccc(F)cc2)c1. The highest BCUT2D eigenvalue weighted by molar-refractivity contribution is 5.76. The Labute approximate surface area is 129 Å². The minimum atomic E-state index is -0.280. The number of halogens is 1. The maximum Gasteiger partial charge on any atom is 0.222 e. The second kappa shape index (κ2) is 8.02. The molecular formula is C17H19FN2O2. The van der Waals surface area contributed by atoms with Crippen LogP contribution >= 0.6 is 0 Å². The molecule has 2 aromatic carbocycles. The average molecular weight is 302 g/mol. The zero-order valence-corrected chi connectivity index (χ0v) is 12.4. The lowest BCUT2D eigenvalue weighted by Crippen LogP contribution is -2.24. The molecule has 0 spiro atoms. The molecule has 116 valence electrons. The summed E-state index contributed by atoms with van der Waals surface area (Å²) in [6.45, 7) is 0.931. The van der Waals surface area contributed by atoms with Gasteiger partial charge in [-0.1, -0.05) is 18.2 Å². The Balaban J connectivity index is 1.70. The van der Waals surface area contributed by atoms with Gasteiger partial charge in [0.05, 0.1) is 7.11 Å². The second-order valence-electron chi connectivity index (χ2n) is 4.81. The van der Waals surface area contributed by atoms with Gasteiger partial charge in [-0.3, -0.25) is 4.79 Å². The fourth-order valence-corrected chi connectivity index (χ4v) is 1.94. The lowest BCUT2D eigenvalue weighted by Gasteiger charge is -2.09. The van der Waals surface area contributed by atoms with Crippen LogP contribution < -0.4 is 15.4 Å². The smallest absolute Gasteiger partial charge is 0.222 e. The fraction of sp³-hybridized carbons (Fsp3) is 0.235. The highest BCUT2D eigenvalue weighted by Crippen LogP contribution is 2.16. The summed E-state index contributed by atoms with van der Waals surface area (Å²) in [7, 11) is 1.61. The Morgan fingerprint density at radius 3 is 2.68 bits per heavy atom. The first-order valence-corrected chi connectivity index (χ1v) is 7.06. The molecule has 0 saturated heterocycles. The highest BCUT2D eigenvalue weighted by atomic mass is 19.1. The monoisotopic (exact) mass is 302 g/mol. The van der Waals surface area contributed by atoms with Gasteiger partial charge in [0.1, 0.15) is 11.6 Å². The van der Waals surface area contributed by atoms with Gasteiger partial charge in [0.15, 0.2) is 0 Å². The third-order valence-corrected chi connectivity index (χ3v) is 3.15. The lowest BCUT2D eigenvalue weighted by molar-refractivity contribution is -0.121. The topological polar surface area (TPSA) is 50.4 Å². The quantitative estimate of drug-likeness (QED) is 0.827. The summed E-state index contributed by atoms with van der Waals surface area (Å²) in [4.78, 5) is 11.7. The van der Waals surface area contributed by atoms with E-state index in [2.05, 4.69) is 10.6 Å². The van der Waals surface area contributed by atoms with E-state index >= 15 is 0 Å². The third-order valence-electron chi connectivity index (χ3n) is 3.15. The molecule has 1 amide bonds. The van der Waals surface area contributed by atoms with Crippen molar-refractivity contribution in [3.8, 4) is 5.75 Å². The van der Waals surface area contributed by atoms with Crippen LogP contribution in [0.5, 0.6) is 5.75 Å². The van der Waals surface area contributed by atoms with Crippen LogP contribution in [-0.4, -0.2) is 19.6 Å². The van der Waals surface area contributed by atoms with Crippen molar-refractivity contribution in [2.24, 2.45) is 0 Å². The van der Waals surface area contributed by atoms with Crippen LogP contribution in [-0.2, 0) is 11.3 Å². The molecule has 2 rings (SSSR count). The fourth-order valence-electron chi connectivity index (χ4n) is 1.94. The molecule has 2 aromatic rings. The van der Waals surface area contributed by atoms with E-state index in [0.29, 0.717) is 19.5 Å². The van der Waals surface area contributed by atoms with Gasteiger partial charge in [-0.25, -0.2) is 4.39 Å². The summed E-state index contributed by atoms with van der Waals surface area (Å²) in [6, 6.07) is 13.6. The molecule has 0 aromatic heterocycles. The molecular weight excluding hydrogens is 283 g/mol. The van der Waals surface area contributed by atoms with Gasteiger partial charge in [-0.2, -0.15) is 0 Å². The third kappa shape index (κ3) is 5.09. The molecule has 0 atom stereocenters. The molecule has 0 aliphatic heterocycles. The number of hydrogen-bond donors (Lipinski definition) is 2. The van der Waals surface area contributed by atoms with Gasteiger partial charge in [-0.05, 0) is 29.8 Å². The van der Waals surface area contributed by atoms with E-state index in [-0.39, 0.29) is 11.7 Å². The number of nitrogens with one attached hydrogen (secondary N) is 2. The van der Waals surface area contributed by atoms with Gasteiger partial charge in [0.25, 0.3) is 0 Å². The number of anilines is 1. The normalized spacial score (nSPS) is 10.1. The molecule has 4 nitrogen and oxygen atoms in total. The predicted molar refractivity (Wildman–Crippen MR) is 84.3 cm³/mol. The number of rotatable bonds is 7. The zero-order chi connectivity index (χ0) is 15.8. The van der Waals surface area contributed by atoms with Crippen molar-refractivity contribution in [2.75, 3.05) is 19.0 Å². The summed E-state index contributed by atoms with van der Waals surface area (Å²) < 4.78 is 17.9. The van der Waals surface area contributed by atoms with E-state index in [4.69, 9.17) is 4.74 Å². The van der Waals surface area contributed by atoms with Crippen molar-refractivity contribution in [2.45, 2.75) is 13.0 Å². The Morgan fingerprint density at radius 1 is 1.18 bits per heavy atom. The van der Waals surface area contributed by atoms with E-state index in [1.165, 1.54) is 12.1 Å². The minimum Gasteiger partial charge on any atom is -0.497 e. The first kappa shape index (κ1) is 15.8. The Morgan fingerprint density at radius 2 is 1.95 bits per heavy atom. The van der Waals surface area contributed by atoms with Gasteiger partial charge in [0.2, 0.25) is 5.91 Å². The number of carbonyl (C=O) groups is 1. The molecule has 0 aliphatic rings. The van der Waals surface area contributed by atoms with Crippen LogP contribution in [0.2, 0.25) is 0 Å². The maximum atomic E-state index is 12.8. The van der Waals surface area contributed by atoms with Crippen LogP contribution in [0, 0.1) is 5.82 Å². The van der Waals surface area contributed by atoms with Crippen molar-refractivity contribution >= 4 is 11.6 Å². The molecule has 5 heteroatoms. The largest absolute Gasteiger partial charge is 0.497 e. The molecule has 0 saturated carbocycles. The number of amides is 1. The first-order chi connectivity index (χ1) is 10.7. The van der Waals surface area contributed by atoms with Gasteiger partial charge < -0.3 is 15.4 Å². The molecule has 22 heavy (non-hydrogen) atoms. The van der Waals surface area contributed by atoms with Crippen LogP contribution in [0.25, 0.3) is 0 Å². The van der Waals surface area contributed by atoms with Crippen molar-refractivity contribution in [1.29, 1.82) is 0 Å². The number of carbonyl (C=O) groups excluding carboxylic acids is 1. The Kier molecular flexibility index (Phi) is 5.77. The van der Waals surface area contributed by atoms with Crippen molar-refractivity contribution in [3.63, 3.8) is 0 Å². The number of methoxy groups -OCH3 is 1. The Hall–Kier alpha value is -2.56. The molecule has 0 bridgehead atoms. The standard InChI is InChI=1S/C17H19FN2O2/c1-22-16-4-2-3-15(11-16)19-10-9-17(21)20-12-13-5-7-14(18)8-6-13/h2-8,11,19H,9-10,12H2,1H3,(H,20,21). The van der Waals surface area contributed by atoms with E-state index in [1.807, 2.05) is 24.3 Å². The van der Waals surface area contributed by atoms with Crippen LogP contribution in [0.1, 0.15) is 12.0 Å². The average Bonchev–Trinajstić information content (AvgIpc) is 2.54. The van der Waals surface area contributed by atoms with E-state index in [0.717, 1.165) is 17.0 Å². The summed E-state index contributed by atoms with van der Waals surface area (Å²) in [5.41, 5.74) is 1.78. The molecule has 0 unspecified atom stereocenters. The van der Waals surface area contributed by atoms with E-state index < -0.39 is 0 Å². The number of benzene rings is 2. The number of hydrogen-bond acceptors (Lipinski definition) is 3. The summed E-state index contributed by atoms with van der Waals surface area (Å²) >= 11 is 0. The van der Waals surface area contributed by atoms with Crippen LogP contribution in [0.3, 0.4) is 0 Å². The predicted octanol–water partition coefficient (Wildman–Crippen LogP) is 2.95.